The number of hydrogen-bond acceptors (Lipinski definition) is 3. The number of carbonyl (C=O) groups excluding carboxylic acids is 1. The Bertz CT molecular complexity index is 679. The topological polar surface area (TPSA) is 41.6 Å². The zero-order valence-electron chi connectivity index (χ0n) is 12.4. The monoisotopic (exact) mass is 282 g/mol. The molecule has 3 rings (SSSR count). The zero-order valence-corrected chi connectivity index (χ0v) is 12.4. The van der Waals surface area contributed by atoms with Crippen molar-refractivity contribution in [1.29, 1.82) is 0 Å². The molecule has 0 radical (unpaired) electrons. The van der Waals surface area contributed by atoms with Gasteiger partial charge in [-0.1, -0.05) is 24.3 Å². The third kappa shape index (κ3) is 2.33. The summed E-state index contributed by atoms with van der Waals surface area (Å²) in [5, 5.41) is 2.94. The summed E-state index contributed by atoms with van der Waals surface area (Å²) in [6.45, 7) is 1.87. The zero-order chi connectivity index (χ0) is 15.0. The predicted molar refractivity (Wildman–Crippen MR) is 82.7 cm³/mol. The van der Waals surface area contributed by atoms with Crippen molar-refractivity contribution in [1.82, 2.24) is 5.32 Å². The lowest BCUT2D eigenvalue weighted by Gasteiger charge is -2.36. The minimum atomic E-state index is -0.851. The number of hydrogen-bond donors (Lipinski definition) is 1. The molecule has 2 aromatic rings. The Balaban J connectivity index is 1.97. The van der Waals surface area contributed by atoms with Crippen molar-refractivity contribution in [3.05, 3.63) is 59.7 Å². The molecule has 0 spiro atoms. The van der Waals surface area contributed by atoms with Crippen molar-refractivity contribution in [2.75, 3.05) is 19.0 Å². The van der Waals surface area contributed by atoms with Gasteiger partial charge in [0.1, 0.15) is 5.75 Å². The molecule has 1 unspecified atom stereocenters. The number of para-hydroxylation sites is 1. The third-order valence-electron chi connectivity index (χ3n) is 3.73. The summed E-state index contributed by atoms with van der Waals surface area (Å²) in [6, 6.07) is 15.3. The number of nitrogens with one attached hydrogen (secondary N) is 1. The fraction of sp³-hybridized carbons (Fsp3) is 0.235. The Labute approximate surface area is 124 Å². The molecule has 0 aliphatic carbocycles. The average Bonchev–Trinajstić information content (AvgIpc) is 2.47. The number of benzene rings is 2. The van der Waals surface area contributed by atoms with Crippen LogP contribution in [0.25, 0.3) is 0 Å². The van der Waals surface area contributed by atoms with Crippen molar-refractivity contribution in [2.24, 2.45) is 0 Å². The second-order valence-corrected chi connectivity index (χ2v) is 5.53. The van der Waals surface area contributed by atoms with Crippen LogP contribution in [-0.2, 0) is 5.72 Å². The first-order valence-electron chi connectivity index (χ1n) is 6.88. The van der Waals surface area contributed by atoms with Crippen LogP contribution in [0, 0.1) is 0 Å². The Hall–Kier alpha value is -2.49. The second kappa shape index (κ2) is 4.81. The third-order valence-corrected chi connectivity index (χ3v) is 3.73. The number of anilines is 1. The number of amides is 1. The molecule has 0 bridgehead atoms. The fourth-order valence-electron chi connectivity index (χ4n) is 2.48. The van der Waals surface area contributed by atoms with E-state index in [4.69, 9.17) is 4.74 Å². The normalized spacial score (nSPS) is 20.2. The maximum Gasteiger partial charge on any atom is 0.258 e. The first-order chi connectivity index (χ1) is 9.99. The Morgan fingerprint density at radius 2 is 1.71 bits per heavy atom. The molecule has 1 atom stereocenters. The number of rotatable bonds is 2. The minimum Gasteiger partial charge on any atom is -0.463 e. The first kappa shape index (κ1) is 13.5. The van der Waals surface area contributed by atoms with E-state index >= 15 is 0 Å². The summed E-state index contributed by atoms with van der Waals surface area (Å²) >= 11 is 0. The van der Waals surface area contributed by atoms with E-state index in [1.165, 1.54) is 0 Å². The Morgan fingerprint density at radius 3 is 2.38 bits per heavy atom. The van der Waals surface area contributed by atoms with E-state index in [1.54, 1.807) is 6.07 Å². The SMILES string of the molecule is CN(C)c1ccc(C2(C)NC(=O)c3ccccc3O2)cc1. The average molecular weight is 282 g/mol. The molecule has 0 aromatic heterocycles. The van der Waals surface area contributed by atoms with Gasteiger partial charge in [-0.25, -0.2) is 0 Å². The maximum absolute atomic E-state index is 12.3. The van der Waals surface area contributed by atoms with Gasteiger partial charge in [0.05, 0.1) is 5.56 Å². The van der Waals surface area contributed by atoms with Gasteiger partial charge < -0.3 is 15.0 Å². The van der Waals surface area contributed by atoms with Crippen LogP contribution in [0.3, 0.4) is 0 Å². The van der Waals surface area contributed by atoms with Crippen molar-refractivity contribution in [3.63, 3.8) is 0 Å². The summed E-state index contributed by atoms with van der Waals surface area (Å²) in [7, 11) is 3.98. The van der Waals surface area contributed by atoms with Crippen LogP contribution >= 0.6 is 0 Å². The molecule has 1 aliphatic heterocycles. The molecule has 0 saturated heterocycles. The van der Waals surface area contributed by atoms with Crippen LogP contribution in [0.15, 0.2) is 48.5 Å². The van der Waals surface area contributed by atoms with Gasteiger partial charge in [-0.05, 0) is 31.2 Å². The molecule has 1 N–H and O–H groups in total. The van der Waals surface area contributed by atoms with Gasteiger partial charge in [0, 0.05) is 25.3 Å². The lowest BCUT2D eigenvalue weighted by molar-refractivity contribution is 0.0289. The van der Waals surface area contributed by atoms with Crippen molar-refractivity contribution < 1.29 is 9.53 Å². The molecule has 0 saturated carbocycles. The number of ether oxygens (including phenoxy) is 1. The Kier molecular flexibility index (Phi) is 3.09. The number of nitrogens with zero attached hydrogens (tertiary/aromatic N) is 1. The second-order valence-electron chi connectivity index (χ2n) is 5.53. The molecule has 1 aliphatic rings. The highest BCUT2D eigenvalue weighted by Crippen LogP contribution is 2.33. The van der Waals surface area contributed by atoms with E-state index in [2.05, 4.69) is 5.32 Å². The van der Waals surface area contributed by atoms with Gasteiger partial charge in [0.25, 0.3) is 5.91 Å². The van der Waals surface area contributed by atoms with E-state index < -0.39 is 5.72 Å². The van der Waals surface area contributed by atoms with Crippen LogP contribution in [0.1, 0.15) is 22.8 Å². The van der Waals surface area contributed by atoms with Crippen LogP contribution in [-0.4, -0.2) is 20.0 Å². The predicted octanol–water partition coefficient (Wildman–Crippen LogP) is 2.75. The minimum absolute atomic E-state index is 0.115. The van der Waals surface area contributed by atoms with Gasteiger partial charge >= 0.3 is 0 Å². The van der Waals surface area contributed by atoms with Crippen molar-refractivity contribution >= 4 is 11.6 Å². The summed E-state index contributed by atoms with van der Waals surface area (Å²) in [6.07, 6.45) is 0. The molecule has 1 heterocycles. The Morgan fingerprint density at radius 1 is 1.05 bits per heavy atom. The van der Waals surface area contributed by atoms with E-state index in [9.17, 15) is 4.79 Å². The van der Waals surface area contributed by atoms with Gasteiger partial charge in [-0.15, -0.1) is 0 Å². The van der Waals surface area contributed by atoms with Gasteiger partial charge in [0.2, 0.25) is 5.72 Å². The smallest absolute Gasteiger partial charge is 0.258 e. The molecule has 1 amide bonds. The molecule has 21 heavy (non-hydrogen) atoms. The fourth-order valence-corrected chi connectivity index (χ4v) is 2.48. The molecular formula is C17H18N2O2. The molecule has 0 fully saturated rings. The van der Waals surface area contributed by atoms with Crippen LogP contribution < -0.4 is 15.0 Å². The first-order valence-corrected chi connectivity index (χ1v) is 6.88. The quantitative estimate of drug-likeness (QED) is 0.921. The molecular weight excluding hydrogens is 264 g/mol. The van der Waals surface area contributed by atoms with Crippen LogP contribution in [0.5, 0.6) is 5.75 Å². The van der Waals surface area contributed by atoms with Gasteiger partial charge in [-0.2, -0.15) is 0 Å². The highest BCUT2D eigenvalue weighted by molar-refractivity contribution is 5.98. The summed E-state index contributed by atoms with van der Waals surface area (Å²) in [5.41, 5.74) is 1.73. The lowest BCUT2D eigenvalue weighted by Crippen LogP contribution is -2.51. The summed E-state index contributed by atoms with van der Waals surface area (Å²) in [5.74, 6) is 0.497. The van der Waals surface area contributed by atoms with Crippen molar-refractivity contribution in [2.45, 2.75) is 12.6 Å². The molecule has 108 valence electrons. The lowest BCUT2D eigenvalue weighted by atomic mass is 10.0. The number of carbonyl (C=O) groups is 1. The largest absolute Gasteiger partial charge is 0.463 e. The van der Waals surface area contributed by atoms with Crippen LogP contribution in [0.2, 0.25) is 0 Å². The van der Waals surface area contributed by atoms with E-state index in [0.29, 0.717) is 11.3 Å². The summed E-state index contributed by atoms with van der Waals surface area (Å²) < 4.78 is 6.03. The van der Waals surface area contributed by atoms with E-state index in [1.807, 2.05) is 68.4 Å². The van der Waals surface area contributed by atoms with Gasteiger partial charge in [-0.3, -0.25) is 4.79 Å². The molecule has 4 heteroatoms. The molecule has 2 aromatic carbocycles. The van der Waals surface area contributed by atoms with E-state index in [-0.39, 0.29) is 5.91 Å². The highest BCUT2D eigenvalue weighted by Gasteiger charge is 2.36. The standard InChI is InChI=1S/C17H18N2O2/c1-17(12-8-10-13(11-9-12)19(2)3)18-16(20)14-6-4-5-7-15(14)21-17/h4-11H,1-3H3,(H,18,20). The number of fused-ring (bicyclic) bond motifs is 1. The maximum atomic E-state index is 12.3. The van der Waals surface area contributed by atoms with Gasteiger partial charge in [0.15, 0.2) is 0 Å². The van der Waals surface area contributed by atoms with E-state index in [0.717, 1.165) is 11.3 Å². The molecule has 4 nitrogen and oxygen atoms in total. The summed E-state index contributed by atoms with van der Waals surface area (Å²) in [4.78, 5) is 14.3. The van der Waals surface area contributed by atoms with Crippen LogP contribution in [0.4, 0.5) is 5.69 Å². The highest BCUT2D eigenvalue weighted by atomic mass is 16.5. The van der Waals surface area contributed by atoms with Crippen molar-refractivity contribution in [3.8, 4) is 5.75 Å².